The van der Waals surface area contributed by atoms with Crippen molar-refractivity contribution in [1.82, 2.24) is 0 Å². The first-order valence-corrected chi connectivity index (χ1v) is 6.32. The first-order valence-electron chi connectivity index (χ1n) is 6.32. The third kappa shape index (κ3) is 5.06. The average molecular weight is 230 g/mol. The van der Waals surface area contributed by atoms with Crippen molar-refractivity contribution in [3.63, 3.8) is 0 Å². The first-order chi connectivity index (χ1) is 7.97. The molecule has 0 bridgehead atoms. The average Bonchev–Trinajstić information content (AvgIpc) is 2.35. The molecule has 0 aromatic rings. The van der Waals surface area contributed by atoms with Crippen LogP contribution in [0, 0.1) is 5.92 Å². The normalized spacial score (nSPS) is 14.2. The van der Waals surface area contributed by atoms with Crippen molar-refractivity contribution in [3.8, 4) is 0 Å². The van der Waals surface area contributed by atoms with Gasteiger partial charge in [0, 0.05) is 0 Å². The van der Waals surface area contributed by atoms with Crippen LogP contribution >= 0.6 is 0 Å². The molecule has 0 spiro atoms. The Morgan fingerprint density at radius 1 is 1.24 bits per heavy atom. The van der Waals surface area contributed by atoms with Crippen molar-refractivity contribution in [3.05, 3.63) is 53.3 Å². The minimum absolute atomic E-state index is 0.533. The van der Waals surface area contributed by atoms with Crippen LogP contribution in [0.3, 0.4) is 0 Å². The third-order valence-corrected chi connectivity index (χ3v) is 3.37. The molecule has 0 nitrogen and oxygen atoms in total. The molecule has 0 amide bonds. The van der Waals surface area contributed by atoms with Gasteiger partial charge in [-0.3, -0.25) is 0 Å². The standard InChI is InChI=1S/C17H26/c1-8-13(4)11-12-15(6)17(10-3)16(7)14(5)9-2/h8,10,15H,2,7,11-12H2,1,3-6H3/b13-8+,17-10-. The summed E-state index contributed by atoms with van der Waals surface area (Å²) in [5.41, 5.74) is 7.83. The van der Waals surface area contributed by atoms with E-state index in [2.05, 4.69) is 58.7 Å². The minimum atomic E-state index is 0.533. The lowest BCUT2D eigenvalue weighted by Gasteiger charge is -2.18. The van der Waals surface area contributed by atoms with Crippen molar-refractivity contribution in [2.75, 3.05) is 0 Å². The Morgan fingerprint density at radius 3 is 2.24 bits per heavy atom. The van der Waals surface area contributed by atoms with Crippen LogP contribution in [0.25, 0.3) is 0 Å². The molecule has 1 atom stereocenters. The highest BCUT2D eigenvalue weighted by molar-refractivity contribution is 5.43. The van der Waals surface area contributed by atoms with E-state index in [-0.39, 0.29) is 0 Å². The van der Waals surface area contributed by atoms with E-state index in [1.165, 1.54) is 17.6 Å². The molecule has 1 unspecified atom stereocenters. The molecule has 0 aromatic heterocycles. The van der Waals surface area contributed by atoms with Crippen LogP contribution in [-0.4, -0.2) is 0 Å². The minimum Gasteiger partial charge on any atom is -0.125 e. The van der Waals surface area contributed by atoms with Crippen LogP contribution in [0.5, 0.6) is 0 Å². The van der Waals surface area contributed by atoms with Gasteiger partial charge in [-0.2, -0.15) is 0 Å². The Kier molecular flexibility index (Phi) is 7.34. The summed E-state index contributed by atoms with van der Waals surface area (Å²) in [7, 11) is 0. The highest BCUT2D eigenvalue weighted by Gasteiger charge is 2.12. The van der Waals surface area contributed by atoms with Gasteiger partial charge in [0.1, 0.15) is 0 Å². The second-order valence-electron chi connectivity index (χ2n) is 4.60. The predicted molar refractivity (Wildman–Crippen MR) is 79.1 cm³/mol. The van der Waals surface area contributed by atoms with Crippen LogP contribution in [0.4, 0.5) is 0 Å². The van der Waals surface area contributed by atoms with Crippen LogP contribution in [0.2, 0.25) is 0 Å². The van der Waals surface area contributed by atoms with E-state index >= 15 is 0 Å². The lowest BCUT2D eigenvalue weighted by Crippen LogP contribution is -2.03. The van der Waals surface area contributed by atoms with Gasteiger partial charge in [0.2, 0.25) is 0 Å². The number of allylic oxidation sites excluding steroid dienone is 6. The molecule has 17 heavy (non-hydrogen) atoms. The summed E-state index contributed by atoms with van der Waals surface area (Å²) < 4.78 is 0. The SMILES string of the molecule is C=C=C(C)C(=C)/C(=C\C)C(C)CC/C(C)=C/C. The highest BCUT2D eigenvalue weighted by Crippen LogP contribution is 2.27. The number of hydrogen-bond acceptors (Lipinski definition) is 0. The van der Waals surface area contributed by atoms with Gasteiger partial charge < -0.3 is 0 Å². The molecule has 0 rings (SSSR count). The van der Waals surface area contributed by atoms with Crippen LogP contribution in [-0.2, 0) is 0 Å². The van der Waals surface area contributed by atoms with Gasteiger partial charge in [0.15, 0.2) is 0 Å². The molecule has 0 saturated heterocycles. The number of rotatable bonds is 6. The Balaban J connectivity index is 4.70. The molecule has 0 N–H and O–H groups in total. The first kappa shape index (κ1) is 15.7. The van der Waals surface area contributed by atoms with Crippen LogP contribution in [0.15, 0.2) is 53.3 Å². The Morgan fingerprint density at radius 2 is 1.82 bits per heavy atom. The van der Waals surface area contributed by atoms with E-state index in [4.69, 9.17) is 0 Å². The summed E-state index contributed by atoms with van der Waals surface area (Å²) in [6.45, 7) is 18.5. The molecule has 0 aromatic carbocycles. The van der Waals surface area contributed by atoms with E-state index < -0.39 is 0 Å². The quantitative estimate of drug-likeness (QED) is 0.316. The van der Waals surface area contributed by atoms with Crippen molar-refractivity contribution in [1.29, 1.82) is 0 Å². The maximum Gasteiger partial charge on any atom is -0.00284 e. The van der Waals surface area contributed by atoms with E-state index in [0.717, 1.165) is 17.6 Å². The molecular formula is C17H26. The fourth-order valence-electron chi connectivity index (χ4n) is 1.82. The van der Waals surface area contributed by atoms with Crippen LogP contribution < -0.4 is 0 Å². The zero-order chi connectivity index (χ0) is 13.4. The van der Waals surface area contributed by atoms with Gasteiger partial charge in [-0.15, -0.1) is 5.73 Å². The second kappa shape index (κ2) is 7.92. The fourth-order valence-corrected chi connectivity index (χ4v) is 1.82. The fraction of sp³-hybridized carbons (Fsp3) is 0.471. The summed E-state index contributed by atoms with van der Waals surface area (Å²) in [6.07, 6.45) is 6.67. The largest absolute Gasteiger partial charge is 0.125 e. The molecule has 0 aliphatic heterocycles. The van der Waals surface area contributed by atoms with Gasteiger partial charge in [0.05, 0.1) is 0 Å². The molecular weight excluding hydrogens is 204 g/mol. The maximum atomic E-state index is 4.14. The molecule has 0 aliphatic rings. The number of hydrogen-bond donors (Lipinski definition) is 0. The van der Waals surface area contributed by atoms with E-state index in [1.807, 2.05) is 6.92 Å². The molecule has 94 valence electrons. The Bertz CT molecular complexity index is 371. The molecule has 0 aliphatic carbocycles. The summed E-state index contributed by atoms with van der Waals surface area (Å²) in [6, 6.07) is 0. The molecule has 0 heteroatoms. The van der Waals surface area contributed by atoms with E-state index in [9.17, 15) is 0 Å². The summed E-state index contributed by atoms with van der Waals surface area (Å²) >= 11 is 0. The van der Waals surface area contributed by atoms with Gasteiger partial charge in [-0.1, -0.05) is 37.8 Å². The van der Waals surface area contributed by atoms with Crippen molar-refractivity contribution in [2.24, 2.45) is 5.92 Å². The van der Waals surface area contributed by atoms with Gasteiger partial charge in [-0.25, -0.2) is 0 Å². The van der Waals surface area contributed by atoms with Crippen molar-refractivity contribution in [2.45, 2.75) is 47.5 Å². The highest BCUT2D eigenvalue weighted by atomic mass is 14.2. The lowest BCUT2D eigenvalue weighted by atomic mass is 9.87. The van der Waals surface area contributed by atoms with Gasteiger partial charge in [-0.05, 0) is 63.2 Å². The predicted octanol–water partition coefficient (Wildman–Crippen LogP) is 5.60. The van der Waals surface area contributed by atoms with Crippen LogP contribution in [0.1, 0.15) is 47.5 Å². The van der Waals surface area contributed by atoms with E-state index in [0.29, 0.717) is 5.92 Å². The monoisotopic (exact) mass is 230 g/mol. The smallest absolute Gasteiger partial charge is 0.00284 e. The zero-order valence-corrected chi connectivity index (χ0v) is 12.1. The van der Waals surface area contributed by atoms with Crippen molar-refractivity contribution < 1.29 is 0 Å². The zero-order valence-electron chi connectivity index (χ0n) is 12.1. The topological polar surface area (TPSA) is 0 Å². The summed E-state index contributed by atoms with van der Waals surface area (Å²) in [5, 5.41) is 0. The van der Waals surface area contributed by atoms with E-state index in [1.54, 1.807) is 0 Å². The Hall–Kier alpha value is -1.26. The van der Waals surface area contributed by atoms with Gasteiger partial charge in [0.25, 0.3) is 0 Å². The van der Waals surface area contributed by atoms with Crippen molar-refractivity contribution >= 4 is 0 Å². The summed E-state index contributed by atoms with van der Waals surface area (Å²) in [5.74, 6) is 0.533. The lowest BCUT2D eigenvalue weighted by molar-refractivity contribution is 0.616. The molecule has 0 heterocycles. The summed E-state index contributed by atoms with van der Waals surface area (Å²) in [4.78, 5) is 0. The molecule has 0 saturated carbocycles. The Labute approximate surface area is 107 Å². The molecule has 0 fully saturated rings. The van der Waals surface area contributed by atoms with Gasteiger partial charge >= 0.3 is 0 Å². The molecule has 0 radical (unpaired) electrons. The third-order valence-electron chi connectivity index (χ3n) is 3.37. The second-order valence-corrected chi connectivity index (χ2v) is 4.60. The maximum absolute atomic E-state index is 4.14.